The van der Waals surface area contributed by atoms with E-state index in [4.69, 9.17) is 0 Å². The minimum atomic E-state index is -0.570. The van der Waals surface area contributed by atoms with E-state index in [1.807, 2.05) is 29.5 Å². The molecule has 0 unspecified atom stereocenters. The molecule has 0 fully saturated rings. The molecule has 0 aliphatic carbocycles. The molecule has 21 heavy (non-hydrogen) atoms. The van der Waals surface area contributed by atoms with Gasteiger partial charge in [0.25, 0.3) is 5.56 Å². The van der Waals surface area contributed by atoms with E-state index in [0.717, 1.165) is 4.57 Å². The van der Waals surface area contributed by atoms with Gasteiger partial charge in [-0.15, -0.1) is 0 Å². The van der Waals surface area contributed by atoms with Crippen molar-refractivity contribution in [3.8, 4) is 0 Å². The molecule has 8 nitrogen and oxygen atoms in total. The highest BCUT2D eigenvalue weighted by Crippen LogP contribution is 2.19. The van der Waals surface area contributed by atoms with Crippen molar-refractivity contribution >= 4 is 39.7 Å². The zero-order chi connectivity index (χ0) is 15.9. The molecule has 2 heterocycles. The molecular weight excluding hydrogens is 389 g/mol. The fraction of sp³-hybridized carbons (Fsp3) is 0.500. The minimum Gasteiger partial charge on any atom is -0.355 e. The predicted molar refractivity (Wildman–Crippen MR) is 86.3 cm³/mol. The fourth-order valence-electron chi connectivity index (χ4n) is 2.21. The second kappa shape index (κ2) is 5.62. The number of carbonyl (C=O) groups is 1. The lowest BCUT2D eigenvalue weighted by Gasteiger charge is -2.16. The van der Waals surface area contributed by atoms with E-state index in [1.54, 1.807) is 18.5 Å². The molecular formula is C12H16IN5O3. The summed E-state index contributed by atoms with van der Waals surface area (Å²) in [4.78, 5) is 40.5. The largest absolute Gasteiger partial charge is 0.355 e. The number of aromatic nitrogens is 4. The highest BCUT2D eigenvalue weighted by molar-refractivity contribution is 14.1. The molecule has 0 bridgehead atoms. The van der Waals surface area contributed by atoms with Gasteiger partial charge in [-0.3, -0.25) is 23.3 Å². The fourth-order valence-corrected chi connectivity index (χ4v) is 3.09. The van der Waals surface area contributed by atoms with Crippen LogP contribution < -0.4 is 16.6 Å². The lowest BCUT2D eigenvalue weighted by atomic mass is 10.3. The first-order valence-electron chi connectivity index (χ1n) is 6.42. The average molecular weight is 405 g/mol. The Morgan fingerprint density at radius 2 is 1.95 bits per heavy atom. The maximum absolute atomic E-state index is 12.2. The van der Waals surface area contributed by atoms with E-state index in [0.29, 0.717) is 16.0 Å². The quantitative estimate of drug-likeness (QED) is 0.563. The maximum atomic E-state index is 12.2. The van der Waals surface area contributed by atoms with Crippen LogP contribution in [0.2, 0.25) is 0 Å². The van der Waals surface area contributed by atoms with Crippen molar-refractivity contribution in [2.75, 3.05) is 6.54 Å². The van der Waals surface area contributed by atoms with Crippen LogP contribution >= 0.6 is 22.6 Å². The third kappa shape index (κ3) is 2.39. The number of nitrogens with zero attached hydrogens (tertiary/aromatic N) is 4. The van der Waals surface area contributed by atoms with Crippen LogP contribution in [0.5, 0.6) is 0 Å². The molecule has 2 aromatic rings. The topological polar surface area (TPSA) is 90.9 Å². The summed E-state index contributed by atoms with van der Waals surface area (Å²) in [5.74, 6) is -0.192. The SMILES string of the molecule is CCNC(=O)[C@@H](C)n1c(I)nc2c(=O)n(C)c(=O)n(C)c21. The summed E-state index contributed by atoms with van der Waals surface area (Å²) in [5.41, 5.74) is -0.382. The van der Waals surface area contributed by atoms with Crippen molar-refractivity contribution in [3.63, 3.8) is 0 Å². The molecule has 2 aromatic heterocycles. The molecule has 0 saturated carbocycles. The number of hydrogen-bond donors (Lipinski definition) is 1. The standard InChI is InChI=1S/C12H16IN5O3/c1-5-14-8(19)6(2)18-9-7(15-11(18)13)10(20)17(4)12(21)16(9)3/h6H,5H2,1-4H3,(H,14,19)/t6-/m1/s1. The Kier molecular flexibility index (Phi) is 4.21. The van der Waals surface area contributed by atoms with Crippen LogP contribution in [0.15, 0.2) is 9.59 Å². The van der Waals surface area contributed by atoms with E-state index in [2.05, 4.69) is 10.3 Å². The predicted octanol–water partition coefficient (Wildman–Crippen LogP) is -0.265. The lowest BCUT2D eigenvalue weighted by Crippen LogP contribution is -2.38. The highest BCUT2D eigenvalue weighted by atomic mass is 127. The van der Waals surface area contributed by atoms with Gasteiger partial charge >= 0.3 is 5.69 Å². The molecule has 0 spiro atoms. The van der Waals surface area contributed by atoms with Crippen LogP contribution in [0.25, 0.3) is 11.2 Å². The van der Waals surface area contributed by atoms with Gasteiger partial charge in [0.05, 0.1) is 0 Å². The van der Waals surface area contributed by atoms with Crippen LogP contribution in [-0.2, 0) is 18.9 Å². The summed E-state index contributed by atoms with van der Waals surface area (Å²) in [6.07, 6.45) is 0. The lowest BCUT2D eigenvalue weighted by molar-refractivity contribution is -0.123. The Labute approximate surface area is 133 Å². The Balaban J connectivity index is 2.83. The van der Waals surface area contributed by atoms with Crippen molar-refractivity contribution in [1.29, 1.82) is 0 Å². The number of likely N-dealkylation sites (N-methyl/N-ethyl adjacent to an activating group) is 1. The zero-order valence-corrected chi connectivity index (χ0v) is 14.3. The van der Waals surface area contributed by atoms with Gasteiger partial charge in [0.15, 0.2) is 15.0 Å². The number of imidazole rings is 1. The third-order valence-electron chi connectivity index (χ3n) is 3.36. The van der Waals surface area contributed by atoms with Gasteiger partial charge in [0, 0.05) is 43.2 Å². The monoisotopic (exact) mass is 405 g/mol. The molecule has 0 aromatic carbocycles. The minimum absolute atomic E-state index is 0.181. The molecule has 0 aliphatic rings. The van der Waals surface area contributed by atoms with Gasteiger partial charge in [-0.2, -0.15) is 0 Å². The van der Waals surface area contributed by atoms with Crippen LogP contribution in [0.1, 0.15) is 19.9 Å². The summed E-state index contributed by atoms with van der Waals surface area (Å²) >= 11 is 1.96. The smallest absolute Gasteiger partial charge is 0.332 e. The summed E-state index contributed by atoms with van der Waals surface area (Å²) < 4.78 is 4.43. The molecule has 0 saturated heterocycles. The number of aryl methyl sites for hydroxylation is 1. The Morgan fingerprint density at radius 1 is 1.33 bits per heavy atom. The van der Waals surface area contributed by atoms with E-state index < -0.39 is 17.3 Å². The average Bonchev–Trinajstić information content (AvgIpc) is 2.79. The second-order valence-corrected chi connectivity index (χ2v) is 5.66. The van der Waals surface area contributed by atoms with Gasteiger partial charge in [-0.1, -0.05) is 0 Å². The number of rotatable bonds is 3. The van der Waals surface area contributed by atoms with Gasteiger partial charge in [0.1, 0.15) is 6.04 Å². The van der Waals surface area contributed by atoms with Crippen LogP contribution in [-0.4, -0.2) is 31.1 Å². The van der Waals surface area contributed by atoms with Crippen molar-refractivity contribution in [3.05, 3.63) is 24.7 Å². The van der Waals surface area contributed by atoms with Crippen LogP contribution in [0.4, 0.5) is 0 Å². The van der Waals surface area contributed by atoms with Crippen molar-refractivity contribution < 1.29 is 4.79 Å². The number of halogens is 1. The van der Waals surface area contributed by atoms with Crippen molar-refractivity contribution in [1.82, 2.24) is 24.0 Å². The number of fused-ring (bicyclic) bond motifs is 1. The first-order valence-corrected chi connectivity index (χ1v) is 7.50. The van der Waals surface area contributed by atoms with Gasteiger partial charge in [-0.25, -0.2) is 9.78 Å². The van der Waals surface area contributed by atoms with E-state index >= 15 is 0 Å². The van der Waals surface area contributed by atoms with E-state index in [9.17, 15) is 14.4 Å². The summed E-state index contributed by atoms with van der Waals surface area (Å²) in [7, 11) is 2.96. The van der Waals surface area contributed by atoms with Gasteiger partial charge in [-0.05, 0) is 13.8 Å². The highest BCUT2D eigenvalue weighted by Gasteiger charge is 2.24. The van der Waals surface area contributed by atoms with Gasteiger partial charge < -0.3 is 5.32 Å². The molecule has 0 aliphatic heterocycles. The molecule has 1 N–H and O–H groups in total. The zero-order valence-electron chi connectivity index (χ0n) is 12.2. The molecule has 0 radical (unpaired) electrons. The number of hydrogen-bond acceptors (Lipinski definition) is 4. The number of nitrogens with one attached hydrogen (secondary N) is 1. The number of carbonyl (C=O) groups excluding carboxylic acids is 1. The maximum Gasteiger partial charge on any atom is 0.332 e. The molecule has 1 amide bonds. The normalized spacial score (nSPS) is 12.6. The third-order valence-corrected chi connectivity index (χ3v) is 4.12. The summed E-state index contributed by atoms with van der Waals surface area (Å²) in [5, 5.41) is 2.72. The first kappa shape index (κ1) is 15.7. The molecule has 9 heteroatoms. The van der Waals surface area contributed by atoms with Crippen molar-refractivity contribution in [2.24, 2.45) is 14.1 Å². The Bertz CT molecular complexity index is 832. The summed E-state index contributed by atoms with van der Waals surface area (Å²) in [6, 6.07) is -0.570. The second-order valence-electron chi connectivity index (χ2n) is 4.70. The van der Waals surface area contributed by atoms with Gasteiger partial charge in [0.2, 0.25) is 5.91 Å². The van der Waals surface area contributed by atoms with Crippen LogP contribution in [0, 0.1) is 3.83 Å². The molecule has 2 rings (SSSR count). The molecule has 114 valence electrons. The van der Waals surface area contributed by atoms with E-state index in [-0.39, 0.29) is 11.4 Å². The van der Waals surface area contributed by atoms with Crippen LogP contribution in [0.3, 0.4) is 0 Å². The molecule has 1 atom stereocenters. The Morgan fingerprint density at radius 3 is 2.52 bits per heavy atom. The number of amides is 1. The Hall–Kier alpha value is -1.65. The first-order chi connectivity index (χ1) is 9.81. The van der Waals surface area contributed by atoms with Crippen molar-refractivity contribution in [2.45, 2.75) is 19.9 Å². The summed E-state index contributed by atoms with van der Waals surface area (Å²) in [6.45, 7) is 4.04. The van der Waals surface area contributed by atoms with E-state index in [1.165, 1.54) is 11.6 Å².